The van der Waals surface area contributed by atoms with Gasteiger partial charge in [0.25, 0.3) is 5.91 Å². The van der Waals surface area contributed by atoms with Gasteiger partial charge in [0.05, 0.1) is 12.9 Å². The first-order valence-electron chi connectivity index (χ1n) is 8.39. The van der Waals surface area contributed by atoms with Gasteiger partial charge in [-0.1, -0.05) is 0 Å². The first kappa shape index (κ1) is 15.4. The fourth-order valence-corrected chi connectivity index (χ4v) is 3.53. The SMILES string of the molecule is O=C(NCc1cncc2c1CCN([C@@H]1CCOC1)C2)c1ccco1. The number of amides is 1. The van der Waals surface area contributed by atoms with Crippen molar-refractivity contribution < 1.29 is 13.9 Å². The molecule has 6 nitrogen and oxygen atoms in total. The van der Waals surface area contributed by atoms with E-state index in [0.717, 1.165) is 44.7 Å². The minimum absolute atomic E-state index is 0.196. The first-order chi connectivity index (χ1) is 11.8. The Bertz CT molecular complexity index is 708. The smallest absolute Gasteiger partial charge is 0.287 e. The third kappa shape index (κ3) is 3.07. The van der Waals surface area contributed by atoms with Crippen molar-refractivity contribution in [1.29, 1.82) is 0 Å². The van der Waals surface area contributed by atoms with Gasteiger partial charge in [0, 0.05) is 44.7 Å². The molecule has 6 heteroatoms. The van der Waals surface area contributed by atoms with Crippen LogP contribution in [-0.2, 0) is 24.2 Å². The molecule has 2 aromatic heterocycles. The zero-order valence-corrected chi connectivity index (χ0v) is 13.5. The molecule has 4 rings (SSSR count). The zero-order valence-electron chi connectivity index (χ0n) is 13.5. The molecule has 1 fully saturated rings. The number of pyridine rings is 1. The van der Waals surface area contributed by atoms with E-state index in [4.69, 9.17) is 9.15 Å². The molecule has 0 spiro atoms. The van der Waals surface area contributed by atoms with Gasteiger partial charge in [-0.25, -0.2) is 0 Å². The molecule has 0 aromatic carbocycles. The third-order valence-corrected chi connectivity index (χ3v) is 4.86. The van der Waals surface area contributed by atoms with Crippen LogP contribution in [0.5, 0.6) is 0 Å². The van der Waals surface area contributed by atoms with Crippen LogP contribution >= 0.6 is 0 Å². The molecule has 0 aliphatic carbocycles. The Balaban J connectivity index is 1.44. The Morgan fingerprint density at radius 3 is 3.17 bits per heavy atom. The lowest BCUT2D eigenvalue weighted by Crippen LogP contribution is -2.40. The van der Waals surface area contributed by atoms with Crippen LogP contribution < -0.4 is 5.32 Å². The number of carbonyl (C=O) groups is 1. The summed E-state index contributed by atoms with van der Waals surface area (Å²) in [7, 11) is 0. The van der Waals surface area contributed by atoms with E-state index in [1.807, 2.05) is 12.4 Å². The number of fused-ring (bicyclic) bond motifs is 1. The van der Waals surface area contributed by atoms with Crippen LogP contribution in [0.15, 0.2) is 35.2 Å². The van der Waals surface area contributed by atoms with Crippen molar-refractivity contribution in [3.8, 4) is 0 Å². The Kier molecular flexibility index (Phi) is 4.32. The standard InChI is InChI=1S/C18H21N3O3/c22-18(17-2-1-6-24-17)20-10-13-8-19-9-14-11-21(5-3-16(13)14)15-4-7-23-12-15/h1-2,6,8-9,15H,3-5,7,10-12H2,(H,20,22)/t15-/m1/s1. The largest absolute Gasteiger partial charge is 0.459 e. The maximum atomic E-state index is 12.0. The van der Waals surface area contributed by atoms with Gasteiger partial charge in [0.15, 0.2) is 5.76 Å². The number of ether oxygens (including phenoxy) is 1. The van der Waals surface area contributed by atoms with E-state index in [1.54, 1.807) is 12.1 Å². The van der Waals surface area contributed by atoms with Crippen molar-refractivity contribution in [2.75, 3.05) is 19.8 Å². The molecule has 24 heavy (non-hydrogen) atoms. The molecule has 0 unspecified atom stereocenters. The Hall–Kier alpha value is -2.18. The van der Waals surface area contributed by atoms with Gasteiger partial charge < -0.3 is 14.5 Å². The van der Waals surface area contributed by atoms with E-state index >= 15 is 0 Å². The van der Waals surface area contributed by atoms with Gasteiger partial charge in [-0.3, -0.25) is 14.7 Å². The van der Waals surface area contributed by atoms with E-state index < -0.39 is 0 Å². The Morgan fingerprint density at radius 2 is 2.38 bits per heavy atom. The first-order valence-corrected chi connectivity index (χ1v) is 8.39. The summed E-state index contributed by atoms with van der Waals surface area (Å²) in [5.74, 6) is 0.137. The number of furan rings is 1. The Morgan fingerprint density at radius 1 is 1.42 bits per heavy atom. The highest BCUT2D eigenvalue weighted by Gasteiger charge is 2.27. The molecule has 1 N–H and O–H groups in total. The van der Waals surface area contributed by atoms with Crippen molar-refractivity contribution in [2.45, 2.75) is 32.0 Å². The van der Waals surface area contributed by atoms with E-state index in [9.17, 15) is 4.79 Å². The predicted octanol–water partition coefficient (Wildman–Crippen LogP) is 1.75. The molecule has 2 aliphatic heterocycles. The lowest BCUT2D eigenvalue weighted by atomic mass is 9.96. The van der Waals surface area contributed by atoms with Crippen LogP contribution in [0.2, 0.25) is 0 Å². The highest BCUT2D eigenvalue weighted by molar-refractivity contribution is 5.91. The molecule has 1 atom stereocenters. The molecule has 1 saturated heterocycles. The summed E-state index contributed by atoms with van der Waals surface area (Å²) in [6, 6.07) is 3.90. The van der Waals surface area contributed by atoms with Gasteiger partial charge in [0.1, 0.15) is 0 Å². The van der Waals surface area contributed by atoms with Crippen molar-refractivity contribution in [1.82, 2.24) is 15.2 Å². The summed E-state index contributed by atoms with van der Waals surface area (Å²) in [6.07, 6.45) is 7.41. The maximum absolute atomic E-state index is 12.0. The number of rotatable bonds is 4. The lowest BCUT2D eigenvalue weighted by Gasteiger charge is -2.33. The van der Waals surface area contributed by atoms with Gasteiger partial charge in [-0.15, -0.1) is 0 Å². The van der Waals surface area contributed by atoms with E-state index in [-0.39, 0.29) is 5.91 Å². The molecule has 0 saturated carbocycles. The number of nitrogens with one attached hydrogen (secondary N) is 1. The molecule has 1 amide bonds. The summed E-state index contributed by atoms with van der Waals surface area (Å²) < 4.78 is 10.6. The van der Waals surface area contributed by atoms with Crippen LogP contribution in [-0.4, -0.2) is 41.6 Å². The zero-order chi connectivity index (χ0) is 16.4. The van der Waals surface area contributed by atoms with Crippen LogP contribution in [0, 0.1) is 0 Å². The normalized spacial score (nSPS) is 20.8. The molecular weight excluding hydrogens is 306 g/mol. The summed E-state index contributed by atoms with van der Waals surface area (Å²) in [6.45, 7) is 4.12. The number of hydrogen-bond donors (Lipinski definition) is 1. The number of carbonyl (C=O) groups excluding carboxylic acids is 1. The van der Waals surface area contributed by atoms with Gasteiger partial charge in [-0.05, 0) is 41.7 Å². The molecule has 126 valence electrons. The van der Waals surface area contributed by atoms with Crippen molar-refractivity contribution in [2.24, 2.45) is 0 Å². The fraction of sp³-hybridized carbons (Fsp3) is 0.444. The summed E-state index contributed by atoms with van der Waals surface area (Å²) >= 11 is 0. The second-order valence-electron chi connectivity index (χ2n) is 6.33. The predicted molar refractivity (Wildman–Crippen MR) is 87.5 cm³/mol. The van der Waals surface area contributed by atoms with E-state index in [0.29, 0.717) is 18.3 Å². The molecule has 2 aliphatic rings. The summed E-state index contributed by atoms with van der Waals surface area (Å²) in [5.41, 5.74) is 3.67. The van der Waals surface area contributed by atoms with Gasteiger partial charge >= 0.3 is 0 Å². The minimum Gasteiger partial charge on any atom is -0.459 e. The average molecular weight is 327 g/mol. The van der Waals surface area contributed by atoms with Crippen LogP contribution in [0.1, 0.15) is 33.7 Å². The second-order valence-corrected chi connectivity index (χ2v) is 6.33. The second kappa shape index (κ2) is 6.75. The fourth-order valence-electron chi connectivity index (χ4n) is 3.53. The Labute approximate surface area is 140 Å². The van der Waals surface area contributed by atoms with Crippen LogP contribution in [0.3, 0.4) is 0 Å². The highest BCUT2D eigenvalue weighted by atomic mass is 16.5. The number of nitrogens with zero attached hydrogens (tertiary/aromatic N) is 2. The van der Waals surface area contributed by atoms with E-state index in [1.165, 1.54) is 17.4 Å². The lowest BCUT2D eigenvalue weighted by molar-refractivity contribution is 0.0923. The van der Waals surface area contributed by atoms with Gasteiger partial charge in [-0.2, -0.15) is 0 Å². The maximum Gasteiger partial charge on any atom is 0.287 e. The summed E-state index contributed by atoms with van der Waals surface area (Å²) in [5, 5.41) is 2.91. The minimum atomic E-state index is -0.196. The number of aromatic nitrogens is 1. The number of hydrogen-bond acceptors (Lipinski definition) is 5. The average Bonchev–Trinajstić information content (AvgIpc) is 3.32. The van der Waals surface area contributed by atoms with Crippen molar-refractivity contribution in [3.05, 3.63) is 53.2 Å². The topological polar surface area (TPSA) is 67.6 Å². The van der Waals surface area contributed by atoms with Crippen LogP contribution in [0.4, 0.5) is 0 Å². The van der Waals surface area contributed by atoms with Gasteiger partial charge in [0.2, 0.25) is 0 Å². The van der Waals surface area contributed by atoms with Crippen molar-refractivity contribution in [3.63, 3.8) is 0 Å². The quantitative estimate of drug-likeness (QED) is 0.927. The monoisotopic (exact) mass is 327 g/mol. The molecule has 0 radical (unpaired) electrons. The van der Waals surface area contributed by atoms with Crippen LogP contribution in [0.25, 0.3) is 0 Å². The third-order valence-electron chi connectivity index (χ3n) is 4.86. The molecular formula is C18H21N3O3. The highest BCUT2D eigenvalue weighted by Crippen LogP contribution is 2.25. The van der Waals surface area contributed by atoms with E-state index in [2.05, 4.69) is 15.2 Å². The molecule has 2 aromatic rings. The molecule has 0 bridgehead atoms. The summed E-state index contributed by atoms with van der Waals surface area (Å²) in [4.78, 5) is 18.9. The molecule has 4 heterocycles. The van der Waals surface area contributed by atoms with Crippen molar-refractivity contribution >= 4 is 5.91 Å².